The van der Waals surface area contributed by atoms with Crippen LogP contribution in [0.2, 0.25) is 0 Å². The van der Waals surface area contributed by atoms with Crippen LogP contribution in [0.5, 0.6) is 0 Å². The monoisotopic (exact) mass is 167 g/mol. The quantitative estimate of drug-likeness (QED) is 0.319. The molecule has 0 aromatic rings. The molecule has 0 rings (SSSR count). The first-order valence-corrected chi connectivity index (χ1v) is 2.82. The second-order valence-electron chi connectivity index (χ2n) is 1.84. The fraction of sp³-hybridized carbons (Fsp3) is 1.00. The van der Waals surface area contributed by atoms with E-state index in [0.29, 0.717) is 0 Å². The summed E-state index contributed by atoms with van der Waals surface area (Å²) >= 11 is 0. The predicted octanol–water partition coefficient (Wildman–Crippen LogP) is -2.09. The van der Waals surface area contributed by atoms with E-state index in [9.17, 15) is 10.1 Å². The lowest BCUT2D eigenvalue weighted by Gasteiger charge is -2.13. The molecule has 0 aromatic heterocycles. The van der Waals surface area contributed by atoms with Crippen molar-refractivity contribution in [1.82, 2.24) is 0 Å². The van der Waals surface area contributed by atoms with Gasteiger partial charge in [0.15, 0.2) is 0 Å². The third-order valence-electron chi connectivity index (χ3n) is 0.982. The highest BCUT2D eigenvalue weighted by atomic mass is 17.0. The highest BCUT2D eigenvalue weighted by molar-refractivity contribution is 4.63. The van der Waals surface area contributed by atoms with E-state index in [1.807, 2.05) is 0 Å². The molecule has 0 fully saturated rings. The van der Waals surface area contributed by atoms with Crippen molar-refractivity contribution in [2.45, 2.75) is 12.2 Å². The molecule has 2 unspecified atom stereocenters. The van der Waals surface area contributed by atoms with E-state index in [-0.39, 0.29) is 0 Å². The van der Waals surface area contributed by atoms with Gasteiger partial charge in [0.2, 0.25) is 0 Å². The molecular formula is C4H9NO6. The van der Waals surface area contributed by atoms with E-state index >= 15 is 0 Å². The molecule has 0 aliphatic carbocycles. The topological polar surface area (TPSA) is 113 Å². The van der Waals surface area contributed by atoms with Gasteiger partial charge in [0.25, 0.3) is 5.09 Å². The van der Waals surface area contributed by atoms with E-state index in [1.54, 1.807) is 0 Å². The summed E-state index contributed by atoms with van der Waals surface area (Å²) in [7, 11) is 0. The highest BCUT2D eigenvalue weighted by Gasteiger charge is 2.16. The van der Waals surface area contributed by atoms with Crippen LogP contribution in [0.15, 0.2) is 0 Å². The van der Waals surface area contributed by atoms with Gasteiger partial charge in [-0.15, -0.1) is 10.1 Å². The summed E-state index contributed by atoms with van der Waals surface area (Å²) in [6, 6.07) is 0. The Hall–Kier alpha value is -0.920. The van der Waals surface area contributed by atoms with Crippen LogP contribution in [-0.2, 0) is 4.84 Å². The van der Waals surface area contributed by atoms with Gasteiger partial charge >= 0.3 is 0 Å². The SMILES string of the molecule is O=[N+]([O-])OCC(O)C(O)CO. The number of aliphatic hydroxyl groups is 3. The van der Waals surface area contributed by atoms with Gasteiger partial charge in [-0.25, -0.2) is 0 Å². The lowest BCUT2D eigenvalue weighted by atomic mass is 10.2. The number of hydrogen-bond acceptors (Lipinski definition) is 6. The molecule has 0 aliphatic heterocycles. The summed E-state index contributed by atoms with van der Waals surface area (Å²) in [6.45, 7) is -1.31. The summed E-state index contributed by atoms with van der Waals surface area (Å²) in [5, 5.41) is 34.1. The first-order chi connectivity index (χ1) is 5.07. The summed E-state index contributed by atoms with van der Waals surface area (Å²) in [6.07, 6.45) is -2.85. The molecule has 0 bridgehead atoms. The van der Waals surface area contributed by atoms with Crippen molar-refractivity contribution in [1.29, 1.82) is 0 Å². The Morgan fingerprint density at radius 1 is 1.45 bits per heavy atom. The van der Waals surface area contributed by atoms with E-state index in [1.165, 1.54) is 0 Å². The third kappa shape index (κ3) is 4.48. The van der Waals surface area contributed by atoms with Gasteiger partial charge in [0.1, 0.15) is 18.8 Å². The lowest BCUT2D eigenvalue weighted by molar-refractivity contribution is -0.759. The van der Waals surface area contributed by atoms with Gasteiger partial charge in [0.05, 0.1) is 6.61 Å². The summed E-state index contributed by atoms with van der Waals surface area (Å²) in [5.74, 6) is 0. The van der Waals surface area contributed by atoms with Crippen LogP contribution >= 0.6 is 0 Å². The van der Waals surface area contributed by atoms with Crippen LogP contribution in [-0.4, -0.2) is 45.8 Å². The average Bonchev–Trinajstić information content (AvgIpc) is 1.98. The van der Waals surface area contributed by atoms with Crippen molar-refractivity contribution >= 4 is 0 Å². The fourth-order valence-corrected chi connectivity index (χ4v) is 0.370. The smallest absolute Gasteiger partial charge is 0.294 e. The number of nitrogens with zero attached hydrogens (tertiary/aromatic N) is 1. The average molecular weight is 167 g/mol. The van der Waals surface area contributed by atoms with Crippen molar-refractivity contribution in [3.8, 4) is 0 Å². The molecule has 66 valence electrons. The van der Waals surface area contributed by atoms with Gasteiger partial charge in [-0.2, -0.15) is 0 Å². The highest BCUT2D eigenvalue weighted by Crippen LogP contribution is 1.92. The number of rotatable bonds is 5. The lowest BCUT2D eigenvalue weighted by Crippen LogP contribution is -2.33. The zero-order valence-corrected chi connectivity index (χ0v) is 5.58. The van der Waals surface area contributed by atoms with Gasteiger partial charge in [-0.3, -0.25) is 0 Å². The van der Waals surface area contributed by atoms with Crippen LogP contribution < -0.4 is 0 Å². The summed E-state index contributed by atoms with van der Waals surface area (Å²) in [4.78, 5) is 13.3. The second kappa shape index (κ2) is 4.83. The maximum atomic E-state index is 9.54. The van der Waals surface area contributed by atoms with Gasteiger partial charge in [-0.05, 0) is 0 Å². The Balaban J connectivity index is 3.51. The Morgan fingerprint density at radius 2 is 2.00 bits per heavy atom. The molecule has 0 heterocycles. The maximum Gasteiger partial charge on any atom is 0.294 e. The minimum atomic E-state index is -1.44. The molecule has 7 nitrogen and oxygen atoms in total. The molecule has 0 radical (unpaired) electrons. The van der Waals surface area contributed by atoms with E-state index in [2.05, 4.69) is 4.84 Å². The first-order valence-electron chi connectivity index (χ1n) is 2.82. The van der Waals surface area contributed by atoms with Crippen molar-refractivity contribution in [2.24, 2.45) is 0 Å². The Bertz CT molecular complexity index is 128. The molecule has 0 saturated heterocycles. The maximum absolute atomic E-state index is 9.54. The van der Waals surface area contributed by atoms with Gasteiger partial charge in [-0.1, -0.05) is 0 Å². The third-order valence-corrected chi connectivity index (χ3v) is 0.982. The van der Waals surface area contributed by atoms with Crippen LogP contribution in [0.25, 0.3) is 0 Å². The van der Waals surface area contributed by atoms with Gasteiger partial charge < -0.3 is 20.2 Å². The first kappa shape index (κ1) is 10.1. The van der Waals surface area contributed by atoms with Crippen molar-refractivity contribution in [3.05, 3.63) is 10.1 Å². The van der Waals surface area contributed by atoms with Crippen molar-refractivity contribution in [3.63, 3.8) is 0 Å². The van der Waals surface area contributed by atoms with Crippen molar-refractivity contribution < 1.29 is 25.2 Å². The van der Waals surface area contributed by atoms with E-state index in [0.717, 1.165) is 0 Å². The molecule has 7 heteroatoms. The Morgan fingerprint density at radius 3 is 2.36 bits per heavy atom. The van der Waals surface area contributed by atoms with E-state index in [4.69, 9.17) is 15.3 Å². The predicted molar refractivity (Wildman–Crippen MR) is 32.0 cm³/mol. The van der Waals surface area contributed by atoms with E-state index < -0.39 is 30.5 Å². The minimum absolute atomic E-state index is 0.644. The molecule has 0 aliphatic rings. The standard InChI is InChI=1S/C4H9NO6/c6-1-3(7)4(8)2-11-5(9)10/h3-4,6-8H,1-2H2. The Kier molecular flexibility index (Phi) is 4.42. The molecule has 0 saturated carbocycles. The van der Waals surface area contributed by atoms with Crippen LogP contribution in [0.1, 0.15) is 0 Å². The summed E-state index contributed by atoms with van der Waals surface area (Å²) in [5.41, 5.74) is 0. The normalized spacial score (nSPS) is 15.5. The Labute approximate surface area is 61.9 Å². The molecule has 2 atom stereocenters. The fourth-order valence-electron chi connectivity index (χ4n) is 0.370. The molecule has 0 amide bonds. The number of aliphatic hydroxyl groups excluding tert-OH is 3. The second-order valence-corrected chi connectivity index (χ2v) is 1.84. The molecule has 0 aromatic carbocycles. The molecular weight excluding hydrogens is 158 g/mol. The largest absolute Gasteiger partial charge is 0.394 e. The molecule has 11 heavy (non-hydrogen) atoms. The van der Waals surface area contributed by atoms with Crippen LogP contribution in [0.4, 0.5) is 0 Å². The van der Waals surface area contributed by atoms with Gasteiger partial charge in [0, 0.05) is 0 Å². The molecule has 0 spiro atoms. The van der Waals surface area contributed by atoms with Crippen molar-refractivity contribution in [2.75, 3.05) is 13.2 Å². The zero-order chi connectivity index (χ0) is 8.85. The number of hydrogen-bond donors (Lipinski definition) is 3. The molecule has 3 N–H and O–H groups in total. The minimum Gasteiger partial charge on any atom is -0.394 e. The van der Waals surface area contributed by atoms with Crippen LogP contribution in [0.3, 0.4) is 0 Å². The summed E-state index contributed by atoms with van der Waals surface area (Å²) < 4.78 is 0. The zero-order valence-electron chi connectivity index (χ0n) is 5.58. The van der Waals surface area contributed by atoms with Crippen LogP contribution in [0, 0.1) is 10.1 Å².